The van der Waals surface area contributed by atoms with Crippen molar-refractivity contribution in [3.63, 3.8) is 0 Å². The number of anilines is 1. The number of hydrogen-bond acceptors (Lipinski definition) is 4. The van der Waals surface area contributed by atoms with Crippen LogP contribution in [0.3, 0.4) is 0 Å². The second-order valence-electron chi connectivity index (χ2n) is 4.02. The fourth-order valence-electron chi connectivity index (χ4n) is 1.47. The van der Waals surface area contributed by atoms with E-state index in [1.54, 1.807) is 11.3 Å². The molecule has 0 radical (unpaired) electrons. The molecular weight excluding hydrogens is 252 g/mol. The topological polar surface area (TPSA) is 63.0 Å². The van der Waals surface area contributed by atoms with Gasteiger partial charge in [-0.1, -0.05) is 31.3 Å². The summed E-state index contributed by atoms with van der Waals surface area (Å²) >= 11 is 6.28. The van der Waals surface area contributed by atoms with Crippen molar-refractivity contribution in [2.75, 3.05) is 5.43 Å². The van der Waals surface area contributed by atoms with Gasteiger partial charge in [0.15, 0.2) is 5.11 Å². The third kappa shape index (κ3) is 2.83. The number of nitrogens with two attached hydrogens (primary N) is 1. The number of hydrazine groups is 1. The molecule has 0 amide bonds. The van der Waals surface area contributed by atoms with Crippen LogP contribution in [0.5, 0.6) is 0 Å². The maximum absolute atomic E-state index is 5.33. The molecule has 0 fully saturated rings. The molecule has 0 bridgehead atoms. The first-order valence-electron chi connectivity index (χ1n) is 5.28. The quantitative estimate of drug-likeness (QED) is 0.589. The van der Waals surface area contributed by atoms with Crippen molar-refractivity contribution >= 4 is 44.0 Å². The van der Waals surface area contributed by atoms with Gasteiger partial charge in [-0.2, -0.15) is 0 Å². The first-order chi connectivity index (χ1) is 8.06. The van der Waals surface area contributed by atoms with Crippen molar-refractivity contribution in [2.45, 2.75) is 19.8 Å². The van der Waals surface area contributed by atoms with E-state index in [1.165, 1.54) is 5.56 Å². The zero-order valence-electron chi connectivity index (χ0n) is 9.65. The molecule has 0 aliphatic rings. The summed E-state index contributed by atoms with van der Waals surface area (Å²) in [6, 6.07) is 6.31. The fourth-order valence-corrected chi connectivity index (χ4v) is 2.39. The Balaban J connectivity index is 2.27. The molecule has 2 aromatic rings. The second-order valence-corrected chi connectivity index (χ2v) is 5.49. The summed E-state index contributed by atoms with van der Waals surface area (Å²) < 4.78 is 1.16. The molecule has 0 saturated carbocycles. The molecule has 0 aliphatic carbocycles. The normalized spacial score (nSPS) is 10.8. The van der Waals surface area contributed by atoms with E-state index in [0.29, 0.717) is 5.92 Å². The van der Waals surface area contributed by atoms with Gasteiger partial charge in [-0.25, -0.2) is 4.98 Å². The summed E-state index contributed by atoms with van der Waals surface area (Å²) in [5, 5.41) is 0.959. The predicted molar refractivity (Wildman–Crippen MR) is 77.3 cm³/mol. The van der Waals surface area contributed by atoms with Crippen LogP contribution in [0.15, 0.2) is 18.2 Å². The lowest BCUT2D eigenvalue weighted by Crippen LogP contribution is -2.33. The lowest BCUT2D eigenvalue weighted by molar-refractivity contribution is 0.869. The number of nitrogens with one attached hydrogen (secondary N) is 2. The van der Waals surface area contributed by atoms with Gasteiger partial charge in [0, 0.05) is 0 Å². The molecule has 1 heterocycles. The van der Waals surface area contributed by atoms with E-state index >= 15 is 0 Å². The van der Waals surface area contributed by atoms with E-state index in [9.17, 15) is 0 Å². The van der Waals surface area contributed by atoms with Crippen LogP contribution in [0, 0.1) is 0 Å². The molecular formula is C11H14N4S2. The summed E-state index contributed by atoms with van der Waals surface area (Å²) in [5.74, 6) is 0.521. The Morgan fingerprint density at radius 1 is 1.47 bits per heavy atom. The standard InChI is InChI=1S/C11H14N4S2/c1-6(2)7-3-4-8-9(5-7)17-11(13-8)15-14-10(12)16/h3-6H,1-2H3,(H,13,15)(H3,12,14,16). The molecule has 4 nitrogen and oxygen atoms in total. The molecule has 1 aromatic heterocycles. The highest BCUT2D eigenvalue weighted by Crippen LogP contribution is 2.28. The van der Waals surface area contributed by atoms with Gasteiger partial charge in [0.2, 0.25) is 5.13 Å². The van der Waals surface area contributed by atoms with E-state index in [2.05, 4.69) is 41.8 Å². The number of thiazole rings is 1. The fraction of sp³-hybridized carbons (Fsp3) is 0.273. The average Bonchev–Trinajstić information content (AvgIpc) is 2.67. The van der Waals surface area contributed by atoms with Crippen LogP contribution in [-0.4, -0.2) is 10.1 Å². The Morgan fingerprint density at radius 2 is 2.24 bits per heavy atom. The van der Waals surface area contributed by atoms with Crippen LogP contribution < -0.4 is 16.6 Å². The van der Waals surface area contributed by atoms with Gasteiger partial charge in [0.25, 0.3) is 0 Å². The zero-order valence-corrected chi connectivity index (χ0v) is 11.3. The van der Waals surface area contributed by atoms with Gasteiger partial charge >= 0.3 is 0 Å². The van der Waals surface area contributed by atoms with Crippen LogP contribution in [0.4, 0.5) is 5.13 Å². The van der Waals surface area contributed by atoms with Crippen molar-refractivity contribution in [1.82, 2.24) is 10.4 Å². The smallest absolute Gasteiger partial charge is 0.202 e. The number of thiocarbonyl (C=S) groups is 1. The van der Waals surface area contributed by atoms with E-state index in [0.717, 1.165) is 15.3 Å². The Labute approximate surface area is 109 Å². The maximum Gasteiger partial charge on any atom is 0.202 e. The molecule has 17 heavy (non-hydrogen) atoms. The first-order valence-corrected chi connectivity index (χ1v) is 6.50. The van der Waals surface area contributed by atoms with Crippen LogP contribution in [-0.2, 0) is 0 Å². The zero-order chi connectivity index (χ0) is 12.4. The van der Waals surface area contributed by atoms with Crippen molar-refractivity contribution < 1.29 is 0 Å². The van der Waals surface area contributed by atoms with E-state index < -0.39 is 0 Å². The third-order valence-corrected chi connectivity index (χ3v) is 3.41. The molecule has 0 unspecified atom stereocenters. The van der Waals surface area contributed by atoms with E-state index in [-0.39, 0.29) is 5.11 Å². The monoisotopic (exact) mass is 266 g/mol. The highest BCUT2D eigenvalue weighted by Gasteiger charge is 2.06. The van der Waals surface area contributed by atoms with Gasteiger partial charge < -0.3 is 5.73 Å². The Hall–Kier alpha value is -1.40. The molecule has 90 valence electrons. The molecule has 0 atom stereocenters. The summed E-state index contributed by atoms with van der Waals surface area (Å²) in [6.07, 6.45) is 0. The van der Waals surface area contributed by atoms with Crippen LogP contribution >= 0.6 is 23.6 Å². The predicted octanol–water partition coefficient (Wildman–Crippen LogP) is 2.58. The van der Waals surface area contributed by atoms with Gasteiger partial charge in [-0.3, -0.25) is 10.9 Å². The molecule has 1 aromatic carbocycles. The summed E-state index contributed by atoms with van der Waals surface area (Å²) in [7, 11) is 0. The minimum atomic E-state index is 0.201. The number of fused-ring (bicyclic) bond motifs is 1. The lowest BCUT2D eigenvalue weighted by Gasteiger charge is -2.03. The molecule has 4 N–H and O–H groups in total. The van der Waals surface area contributed by atoms with Crippen molar-refractivity contribution in [2.24, 2.45) is 5.73 Å². The summed E-state index contributed by atoms with van der Waals surface area (Å²) in [6.45, 7) is 4.35. The highest BCUT2D eigenvalue weighted by atomic mass is 32.1. The lowest BCUT2D eigenvalue weighted by atomic mass is 10.0. The number of nitrogens with zero attached hydrogens (tertiary/aromatic N) is 1. The number of benzene rings is 1. The summed E-state index contributed by atoms with van der Waals surface area (Å²) in [4.78, 5) is 4.41. The highest BCUT2D eigenvalue weighted by molar-refractivity contribution is 7.80. The van der Waals surface area contributed by atoms with Crippen molar-refractivity contribution in [1.29, 1.82) is 0 Å². The van der Waals surface area contributed by atoms with Gasteiger partial charge in [-0.15, -0.1) is 0 Å². The number of aromatic nitrogens is 1. The number of rotatable bonds is 3. The average molecular weight is 266 g/mol. The van der Waals surface area contributed by atoms with Crippen molar-refractivity contribution in [3.8, 4) is 0 Å². The van der Waals surface area contributed by atoms with Gasteiger partial charge in [-0.05, 0) is 35.8 Å². The first kappa shape index (κ1) is 12.1. The van der Waals surface area contributed by atoms with Gasteiger partial charge in [0.05, 0.1) is 10.2 Å². The SMILES string of the molecule is CC(C)c1ccc2nc(NNC(N)=S)sc2c1. The van der Waals surface area contributed by atoms with E-state index in [1.807, 2.05) is 6.07 Å². The van der Waals surface area contributed by atoms with E-state index in [4.69, 9.17) is 18.0 Å². The van der Waals surface area contributed by atoms with Crippen LogP contribution in [0.2, 0.25) is 0 Å². The molecule has 2 rings (SSSR count). The minimum absolute atomic E-state index is 0.201. The molecule has 6 heteroatoms. The van der Waals surface area contributed by atoms with Crippen LogP contribution in [0.25, 0.3) is 10.2 Å². The molecule has 0 saturated heterocycles. The maximum atomic E-state index is 5.33. The third-order valence-electron chi connectivity index (χ3n) is 2.37. The minimum Gasteiger partial charge on any atom is -0.375 e. The molecule has 0 spiro atoms. The van der Waals surface area contributed by atoms with Crippen molar-refractivity contribution in [3.05, 3.63) is 23.8 Å². The number of hydrogen-bond donors (Lipinski definition) is 3. The summed E-state index contributed by atoms with van der Waals surface area (Å²) in [5.41, 5.74) is 13.2. The van der Waals surface area contributed by atoms with Gasteiger partial charge in [0.1, 0.15) is 0 Å². The second kappa shape index (κ2) is 4.85. The Bertz CT molecular complexity index is 547. The molecule has 0 aliphatic heterocycles. The Kier molecular flexibility index (Phi) is 3.44. The van der Waals surface area contributed by atoms with Crippen LogP contribution in [0.1, 0.15) is 25.3 Å². The Morgan fingerprint density at radius 3 is 2.88 bits per heavy atom. The largest absolute Gasteiger partial charge is 0.375 e.